The first-order valence-corrected chi connectivity index (χ1v) is 8.12. The van der Waals surface area contributed by atoms with E-state index in [1.54, 1.807) is 0 Å². The Labute approximate surface area is 147 Å². The number of piperidine rings is 1. The second kappa shape index (κ2) is 11.5. The third-order valence-electron chi connectivity index (χ3n) is 4.27. The van der Waals surface area contributed by atoms with Gasteiger partial charge in [-0.15, -0.1) is 24.8 Å². The maximum absolute atomic E-state index is 12.1. The lowest BCUT2D eigenvalue weighted by molar-refractivity contribution is -0.132. The van der Waals surface area contributed by atoms with E-state index in [0.29, 0.717) is 24.4 Å². The molecule has 2 heterocycles. The number of hydrogen-bond donors (Lipinski definition) is 2. The Morgan fingerprint density at radius 1 is 1.14 bits per heavy atom. The van der Waals surface area contributed by atoms with Crippen molar-refractivity contribution >= 4 is 30.7 Å². The Kier molecular flexibility index (Phi) is 11.4. The van der Waals surface area contributed by atoms with Crippen molar-refractivity contribution in [2.75, 3.05) is 45.8 Å². The summed E-state index contributed by atoms with van der Waals surface area (Å²) in [5.74, 6) is 0.328. The van der Waals surface area contributed by atoms with Crippen molar-refractivity contribution in [1.82, 2.24) is 20.4 Å². The highest BCUT2D eigenvalue weighted by Gasteiger charge is 2.21. The van der Waals surface area contributed by atoms with Crippen LogP contribution in [-0.4, -0.2) is 73.6 Å². The summed E-state index contributed by atoms with van der Waals surface area (Å²) >= 11 is 0. The van der Waals surface area contributed by atoms with E-state index in [-0.39, 0.29) is 24.8 Å². The fourth-order valence-electron chi connectivity index (χ4n) is 3.12. The fourth-order valence-corrected chi connectivity index (χ4v) is 3.12. The molecule has 2 aliphatic heterocycles. The largest absolute Gasteiger partial charge is 0.340 e. The highest BCUT2D eigenvalue weighted by molar-refractivity contribution is 5.85. The van der Waals surface area contributed by atoms with Crippen molar-refractivity contribution in [3.05, 3.63) is 0 Å². The number of carbonyl (C=O) groups excluding carboxylic acids is 1. The highest BCUT2D eigenvalue weighted by atomic mass is 35.5. The second-order valence-corrected chi connectivity index (χ2v) is 6.32. The molecule has 0 atom stereocenters. The first-order valence-electron chi connectivity index (χ1n) is 8.12. The SMILES string of the molecule is CC(C)NC1CCN(CCC(=O)N2CCNCC2)CC1.Cl.Cl. The van der Waals surface area contributed by atoms with Crippen molar-refractivity contribution in [3.8, 4) is 0 Å². The highest BCUT2D eigenvalue weighted by Crippen LogP contribution is 2.11. The van der Waals surface area contributed by atoms with Gasteiger partial charge < -0.3 is 20.4 Å². The summed E-state index contributed by atoms with van der Waals surface area (Å²) in [6, 6.07) is 1.23. The van der Waals surface area contributed by atoms with Crippen molar-refractivity contribution in [2.24, 2.45) is 0 Å². The Bertz CT molecular complexity index is 304. The van der Waals surface area contributed by atoms with Gasteiger partial charge in [0.2, 0.25) is 5.91 Å². The molecule has 2 N–H and O–H groups in total. The van der Waals surface area contributed by atoms with Gasteiger partial charge in [0.05, 0.1) is 0 Å². The van der Waals surface area contributed by atoms with Crippen LogP contribution in [0.15, 0.2) is 0 Å². The van der Waals surface area contributed by atoms with Gasteiger partial charge >= 0.3 is 0 Å². The van der Waals surface area contributed by atoms with E-state index in [9.17, 15) is 4.79 Å². The minimum absolute atomic E-state index is 0. The molecular formula is C15H32Cl2N4O. The molecule has 0 aromatic carbocycles. The van der Waals surface area contributed by atoms with Crippen LogP contribution in [0.5, 0.6) is 0 Å². The molecule has 5 nitrogen and oxygen atoms in total. The van der Waals surface area contributed by atoms with Crippen molar-refractivity contribution < 1.29 is 4.79 Å². The summed E-state index contributed by atoms with van der Waals surface area (Å²) in [7, 11) is 0. The van der Waals surface area contributed by atoms with E-state index in [2.05, 4.69) is 29.4 Å². The summed E-state index contributed by atoms with van der Waals surface area (Å²) < 4.78 is 0. The van der Waals surface area contributed by atoms with Crippen LogP contribution in [0.25, 0.3) is 0 Å². The van der Waals surface area contributed by atoms with Crippen LogP contribution in [0.3, 0.4) is 0 Å². The van der Waals surface area contributed by atoms with E-state index in [0.717, 1.165) is 45.8 Å². The minimum atomic E-state index is 0. The molecule has 7 heteroatoms. The van der Waals surface area contributed by atoms with Gasteiger partial charge in [-0.2, -0.15) is 0 Å². The van der Waals surface area contributed by atoms with Crippen molar-refractivity contribution in [1.29, 1.82) is 0 Å². The lowest BCUT2D eigenvalue weighted by Crippen LogP contribution is -2.48. The Hall–Kier alpha value is -0.0700. The topological polar surface area (TPSA) is 47.6 Å². The monoisotopic (exact) mass is 354 g/mol. The fraction of sp³-hybridized carbons (Fsp3) is 0.933. The Balaban J connectivity index is 0.00000220. The molecule has 132 valence electrons. The van der Waals surface area contributed by atoms with Gasteiger partial charge in [0.1, 0.15) is 0 Å². The maximum Gasteiger partial charge on any atom is 0.223 e. The molecule has 0 aliphatic carbocycles. The molecule has 1 amide bonds. The zero-order chi connectivity index (χ0) is 14.4. The number of amides is 1. The Morgan fingerprint density at radius 3 is 2.27 bits per heavy atom. The van der Waals surface area contributed by atoms with Crippen LogP contribution >= 0.6 is 24.8 Å². The van der Waals surface area contributed by atoms with Gasteiger partial charge in [-0.05, 0) is 25.9 Å². The van der Waals surface area contributed by atoms with Crippen molar-refractivity contribution in [3.63, 3.8) is 0 Å². The van der Waals surface area contributed by atoms with Crippen LogP contribution in [-0.2, 0) is 4.79 Å². The van der Waals surface area contributed by atoms with Crippen LogP contribution in [0.4, 0.5) is 0 Å². The van der Waals surface area contributed by atoms with Crippen LogP contribution < -0.4 is 10.6 Å². The average molecular weight is 355 g/mol. The number of carbonyl (C=O) groups is 1. The predicted octanol–water partition coefficient (Wildman–Crippen LogP) is 1.11. The van der Waals surface area contributed by atoms with E-state index in [1.165, 1.54) is 12.8 Å². The van der Waals surface area contributed by atoms with E-state index < -0.39 is 0 Å². The zero-order valence-electron chi connectivity index (χ0n) is 13.8. The lowest BCUT2D eigenvalue weighted by Gasteiger charge is -2.34. The van der Waals surface area contributed by atoms with Gasteiger partial charge in [-0.25, -0.2) is 0 Å². The molecule has 2 saturated heterocycles. The Morgan fingerprint density at radius 2 is 1.73 bits per heavy atom. The van der Waals surface area contributed by atoms with Gasteiger partial charge in [-0.3, -0.25) is 4.79 Å². The third kappa shape index (κ3) is 7.47. The molecule has 2 rings (SSSR count). The molecule has 0 bridgehead atoms. The molecule has 0 aromatic rings. The van der Waals surface area contributed by atoms with Gasteiger partial charge in [0, 0.05) is 51.2 Å². The third-order valence-corrected chi connectivity index (χ3v) is 4.27. The van der Waals surface area contributed by atoms with E-state index >= 15 is 0 Å². The maximum atomic E-state index is 12.1. The first-order chi connectivity index (χ1) is 9.65. The number of hydrogen-bond acceptors (Lipinski definition) is 4. The summed E-state index contributed by atoms with van der Waals surface area (Å²) in [5.41, 5.74) is 0. The number of rotatable bonds is 5. The lowest BCUT2D eigenvalue weighted by atomic mass is 10.0. The first kappa shape index (κ1) is 21.9. The van der Waals surface area contributed by atoms with Crippen LogP contribution in [0, 0.1) is 0 Å². The number of nitrogens with zero attached hydrogens (tertiary/aromatic N) is 2. The standard InChI is InChI=1S/C15H30N4O.2ClH/c1-13(2)17-14-3-8-18(9-4-14)10-5-15(20)19-11-6-16-7-12-19;;/h13-14,16-17H,3-12H2,1-2H3;2*1H. The molecule has 2 fully saturated rings. The number of nitrogens with one attached hydrogen (secondary N) is 2. The second-order valence-electron chi connectivity index (χ2n) is 6.32. The molecule has 0 spiro atoms. The number of halogens is 2. The van der Waals surface area contributed by atoms with Crippen molar-refractivity contribution in [2.45, 2.75) is 45.2 Å². The summed E-state index contributed by atoms with van der Waals surface area (Å²) in [5, 5.41) is 6.89. The zero-order valence-corrected chi connectivity index (χ0v) is 15.5. The van der Waals surface area contributed by atoms with Gasteiger partial charge in [0.15, 0.2) is 0 Å². The van der Waals surface area contributed by atoms with Crippen LogP contribution in [0.2, 0.25) is 0 Å². The summed E-state index contributed by atoms with van der Waals surface area (Å²) in [6.07, 6.45) is 3.10. The van der Waals surface area contributed by atoms with Gasteiger partial charge in [-0.1, -0.05) is 13.8 Å². The summed E-state index contributed by atoms with van der Waals surface area (Å²) in [6.45, 7) is 11.2. The van der Waals surface area contributed by atoms with E-state index in [4.69, 9.17) is 0 Å². The minimum Gasteiger partial charge on any atom is -0.340 e. The molecular weight excluding hydrogens is 323 g/mol. The number of piperazine rings is 1. The molecule has 22 heavy (non-hydrogen) atoms. The molecule has 0 unspecified atom stereocenters. The quantitative estimate of drug-likeness (QED) is 0.776. The van der Waals surface area contributed by atoms with Gasteiger partial charge in [0.25, 0.3) is 0 Å². The predicted molar refractivity (Wildman–Crippen MR) is 96.3 cm³/mol. The molecule has 0 saturated carbocycles. The smallest absolute Gasteiger partial charge is 0.223 e. The number of likely N-dealkylation sites (tertiary alicyclic amines) is 1. The average Bonchev–Trinajstić information content (AvgIpc) is 2.46. The van der Waals surface area contributed by atoms with E-state index in [1.807, 2.05) is 4.90 Å². The molecule has 0 aromatic heterocycles. The molecule has 0 radical (unpaired) electrons. The summed E-state index contributed by atoms with van der Waals surface area (Å²) in [4.78, 5) is 16.6. The molecule has 2 aliphatic rings. The normalized spacial score (nSPS) is 20.4. The van der Waals surface area contributed by atoms with Crippen LogP contribution in [0.1, 0.15) is 33.1 Å².